The molecule has 3 rings (SSSR count). The largest absolute Gasteiger partial charge is 0.341 e. The number of carbonyl (C=O) groups is 1. The molecule has 2 atom stereocenters. The summed E-state index contributed by atoms with van der Waals surface area (Å²) in [6, 6.07) is 7.40. The molecule has 0 spiro atoms. The molecule has 6 heteroatoms. The Balaban J connectivity index is 1.72. The quantitative estimate of drug-likeness (QED) is 0.912. The van der Waals surface area contributed by atoms with Crippen LogP contribution in [0, 0.1) is 0 Å². The van der Waals surface area contributed by atoms with Crippen molar-refractivity contribution in [3.63, 3.8) is 0 Å². The molecule has 0 bridgehead atoms. The second-order valence-corrected chi connectivity index (χ2v) is 8.29. The van der Waals surface area contributed by atoms with Crippen LogP contribution in [0.25, 0.3) is 0 Å². The van der Waals surface area contributed by atoms with Crippen molar-refractivity contribution in [3.8, 4) is 0 Å². The van der Waals surface area contributed by atoms with E-state index in [4.69, 9.17) is 0 Å². The molecule has 0 aliphatic carbocycles. The molecule has 1 fully saturated rings. The van der Waals surface area contributed by atoms with E-state index in [1.54, 1.807) is 12.1 Å². The molecule has 0 aromatic heterocycles. The Morgan fingerprint density at radius 1 is 1.36 bits per heavy atom. The Bertz CT molecular complexity index is 672. The summed E-state index contributed by atoms with van der Waals surface area (Å²) >= 11 is 0. The summed E-state index contributed by atoms with van der Waals surface area (Å²) in [5.74, 6) is 0.400. The van der Waals surface area contributed by atoms with Crippen molar-refractivity contribution in [1.29, 1.82) is 0 Å². The second kappa shape index (κ2) is 6.01. The minimum Gasteiger partial charge on any atom is -0.341 e. The van der Waals surface area contributed by atoms with E-state index in [0.717, 1.165) is 18.5 Å². The number of sulfone groups is 1. The molecule has 0 saturated carbocycles. The van der Waals surface area contributed by atoms with Crippen LogP contribution in [0.15, 0.2) is 29.2 Å². The van der Waals surface area contributed by atoms with E-state index in [0.29, 0.717) is 24.3 Å². The van der Waals surface area contributed by atoms with Crippen molar-refractivity contribution < 1.29 is 13.2 Å². The molecule has 5 nitrogen and oxygen atoms in total. The fraction of sp³-hybridized carbons (Fsp3) is 0.562. The molecule has 0 unspecified atom stereocenters. The van der Waals surface area contributed by atoms with E-state index >= 15 is 0 Å². The van der Waals surface area contributed by atoms with E-state index in [9.17, 15) is 13.2 Å². The highest BCUT2D eigenvalue weighted by atomic mass is 32.2. The Labute approximate surface area is 131 Å². The Morgan fingerprint density at radius 2 is 2.14 bits per heavy atom. The summed E-state index contributed by atoms with van der Waals surface area (Å²) in [5, 5.41) is 3.50. The number of likely N-dealkylation sites (tertiary alicyclic amines) is 1. The van der Waals surface area contributed by atoms with Crippen molar-refractivity contribution in [3.05, 3.63) is 29.8 Å². The van der Waals surface area contributed by atoms with Gasteiger partial charge in [-0.15, -0.1) is 0 Å². The highest BCUT2D eigenvalue weighted by Crippen LogP contribution is 2.32. The maximum atomic E-state index is 12.1. The number of nitrogens with zero attached hydrogens (tertiary/aromatic N) is 1. The third-order valence-electron chi connectivity index (χ3n) is 4.46. The first-order valence-electron chi connectivity index (χ1n) is 7.83. The van der Waals surface area contributed by atoms with Gasteiger partial charge in [0, 0.05) is 31.6 Å². The van der Waals surface area contributed by atoms with Gasteiger partial charge in [0.15, 0.2) is 9.84 Å². The minimum atomic E-state index is -3.15. The predicted octanol–water partition coefficient (Wildman–Crippen LogP) is 1.51. The zero-order chi connectivity index (χ0) is 15.7. The smallest absolute Gasteiger partial charge is 0.222 e. The predicted molar refractivity (Wildman–Crippen MR) is 84.3 cm³/mol. The summed E-state index contributed by atoms with van der Waals surface area (Å²) in [7, 11) is -3.15. The first kappa shape index (κ1) is 15.5. The van der Waals surface area contributed by atoms with Gasteiger partial charge in [0.05, 0.1) is 10.6 Å². The molecular weight excluding hydrogens is 300 g/mol. The van der Waals surface area contributed by atoms with Gasteiger partial charge in [0.25, 0.3) is 0 Å². The first-order valence-corrected chi connectivity index (χ1v) is 9.48. The Morgan fingerprint density at radius 3 is 2.86 bits per heavy atom. The molecule has 1 amide bonds. The maximum Gasteiger partial charge on any atom is 0.222 e. The molecule has 2 heterocycles. The number of fused-ring (bicyclic) bond motifs is 1. The van der Waals surface area contributed by atoms with Crippen LogP contribution in [-0.4, -0.2) is 44.1 Å². The van der Waals surface area contributed by atoms with Crippen LogP contribution in [0.2, 0.25) is 0 Å². The van der Waals surface area contributed by atoms with Gasteiger partial charge >= 0.3 is 0 Å². The second-order valence-electron chi connectivity index (χ2n) is 6.21. The highest BCUT2D eigenvalue weighted by molar-refractivity contribution is 7.91. The lowest BCUT2D eigenvalue weighted by Crippen LogP contribution is -2.42. The number of amides is 1. The number of nitrogens with one attached hydrogen (secondary N) is 1. The van der Waals surface area contributed by atoms with Crippen molar-refractivity contribution >= 4 is 15.7 Å². The molecule has 2 aliphatic rings. The fourth-order valence-corrected chi connectivity index (χ4v) is 5.01. The Hall–Kier alpha value is -1.40. The van der Waals surface area contributed by atoms with Crippen LogP contribution in [0.5, 0.6) is 0 Å². The van der Waals surface area contributed by atoms with E-state index < -0.39 is 9.84 Å². The molecule has 120 valence electrons. The molecule has 1 aromatic rings. The average molecular weight is 322 g/mol. The SMILES string of the molecule is C[C@H](CN1CCCC1=O)N[C@@H]1CCS(=O)(=O)c2ccccc21. The summed E-state index contributed by atoms with van der Waals surface area (Å²) in [5.41, 5.74) is 0.855. The number of hydrogen-bond acceptors (Lipinski definition) is 4. The van der Waals surface area contributed by atoms with Crippen molar-refractivity contribution in [1.82, 2.24) is 10.2 Å². The van der Waals surface area contributed by atoms with Crippen molar-refractivity contribution in [2.75, 3.05) is 18.8 Å². The molecule has 0 radical (unpaired) electrons. The molecule has 1 aromatic carbocycles. The number of rotatable bonds is 4. The average Bonchev–Trinajstić information content (AvgIpc) is 2.88. The van der Waals surface area contributed by atoms with E-state index in [1.807, 2.05) is 17.0 Å². The van der Waals surface area contributed by atoms with E-state index in [1.165, 1.54) is 0 Å². The molecule has 22 heavy (non-hydrogen) atoms. The lowest BCUT2D eigenvalue weighted by Gasteiger charge is -2.30. The van der Waals surface area contributed by atoms with Gasteiger partial charge < -0.3 is 10.2 Å². The topological polar surface area (TPSA) is 66.5 Å². The summed E-state index contributed by atoms with van der Waals surface area (Å²) < 4.78 is 24.3. The number of hydrogen-bond donors (Lipinski definition) is 1. The van der Waals surface area contributed by atoms with Crippen LogP contribution in [-0.2, 0) is 14.6 Å². The van der Waals surface area contributed by atoms with Crippen molar-refractivity contribution in [2.24, 2.45) is 0 Å². The lowest BCUT2D eigenvalue weighted by molar-refractivity contribution is -0.127. The van der Waals surface area contributed by atoms with Crippen LogP contribution in [0.1, 0.15) is 37.8 Å². The molecule has 1 saturated heterocycles. The number of carbonyl (C=O) groups excluding carboxylic acids is 1. The molecular formula is C16H22N2O3S. The van der Waals surface area contributed by atoms with Crippen molar-refractivity contribution in [2.45, 2.75) is 43.2 Å². The summed E-state index contributed by atoms with van der Waals surface area (Å²) in [6.07, 6.45) is 2.17. The van der Waals surface area contributed by atoms with E-state index in [-0.39, 0.29) is 23.7 Å². The van der Waals surface area contributed by atoms with Gasteiger partial charge in [-0.2, -0.15) is 0 Å². The fourth-order valence-electron chi connectivity index (χ4n) is 3.39. The van der Waals surface area contributed by atoms with Crippen LogP contribution < -0.4 is 5.32 Å². The standard InChI is InChI=1S/C16H22N2O3S/c1-12(11-18-9-4-7-16(18)19)17-14-8-10-22(20,21)15-6-3-2-5-13(14)15/h2-3,5-6,12,14,17H,4,7-11H2,1H3/t12-,14-/m1/s1. The monoisotopic (exact) mass is 322 g/mol. The number of benzene rings is 1. The lowest BCUT2D eigenvalue weighted by atomic mass is 10.0. The summed E-state index contributed by atoms with van der Waals surface area (Å²) in [4.78, 5) is 14.0. The van der Waals surface area contributed by atoms with Gasteiger partial charge in [0.2, 0.25) is 5.91 Å². The summed E-state index contributed by atoms with van der Waals surface area (Å²) in [6.45, 7) is 3.57. The molecule has 1 N–H and O–H groups in total. The third-order valence-corrected chi connectivity index (χ3v) is 6.27. The van der Waals surface area contributed by atoms with Gasteiger partial charge in [-0.3, -0.25) is 4.79 Å². The molecule has 2 aliphatic heterocycles. The first-order chi connectivity index (χ1) is 10.5. The van der Waals surface area contributed by atoms with Gasteiger partial charge in [-0.25, -0.2) is 8.42 Å². The van der Waals surface area contributed by atoms with Crippen LogP contribution in [0.4, 0.5) is 0 Å². The highest BCUT2D eigenvalue weighted by Gasteiger charge is 2.31. The normalized spacial score (nSPS) is 25.0. The Kier molecular flexibility index (Phi) is 4.23. The van der Waals surface area contributed by atoms with Gasteiger partial charge in [-0.1, -0.05) is 18.2 Å². The minimum absolute atomic E-state index is 0.0347. The maximum absolute atomic E-state index is 12.1. The zero-order valence-electron chi connectivity index (χ0n) is 12.8. The van der Waals surface area contributed by atoms with Crippen LogP contribution >= 0.6 is 0 Å². The van der Waals surface area contributed by atoms with Gasteiger partial charge in [0.1, 0.15) is 0 Å². The van der Waals surface area contributed by atoms with E-state index in [2.05, 4.69) is 12.2 Å². The van der Waals surface area contributed by atoms with Gasteiger partial charge in [-0.05, 0) is 31.4 Å². The zero-order valence-corrected chi connectivity index (χ0v) is 13.6. The van der Waals surface area contributed by atoms with Crippen LogP contribution in [0.3, 0.4) is 0 Å². The third kappa shape index (κ3) is 3.03.